The number of anilines is 1. The first kappa shape index (κ1) is 11.9. The van der Waals surface area contributed by atoms with Crippen molar-refractivity contribution < 1.29 is 5.21 Å². The Bertz CT molecular complexity index is 361. The normalized spacial score (nSPS) is 13.7. The highest BCUT2D eigenvalue weighted by Crippen LogP contribution is 2.22. The number of nitrogens with one attached hydrogen (secondary N) is 1. The smallest absolute Gasteiger partial charge is 0.161 e. The van der Waals surface area contributed by atoms with E-state index in [1.165, 1.54) is 0 Å². The van der Waals surface area contributed by atoms with Crippen molar-refractivity contribution >= 4 is 34.7 Å². The molecule has 1 atom stereocenters. The second-order valence-corrected chi connectivity index (χ2v) is 3.92. The van der Waals surface area contributed by atoms with E-state index >= 15 is 0 Å². The Morgan fingerprint density at radius 3 is 2.40 bits per heavy atom. The van der Waals surface area contributed by atoms with Gasteiger partial charge in [-0.25, -0.2) is 0 Å². The highest BCUT2D eigenvalue weighted by atomic mass is 35.5. The quantitative estimate of drug-likeness (QED) is 0.333. The Hall–Kier alpha value is -1.13. The molecule has 0 bridgehead atoms. The number of nitrogens with zero attached hydrogens (tertiary/aromatic N) is 1. The topological polar surface area (TPSA) is 70.6 Å². The van der Waals surface area contributed by atoms with Crippen LogP contribution in [0.3, 0.4) is 0 Å². The molecule has 0 aromatic heterocycles. The lowest BCUT2D eigenvalue weighted by Gasteiger charge is -2.13. The maximum absolute atomic E-state index is 8.46. The summed E-state index contributed by atoms with van der Waals surface area (Å²) in [7, 11) is 0. The van der Waals surface area contributed by atoms with Gasteiger partial charge >= 0.3 is 0 Å². The number of hydrogen-bond acceptors (Lipinski definition) is 3. The molecule has 1 rings (SSSR count). The molecule has 0 amide bonds. The first-order valence-electron chi connectivity index (χ1n) is 4.23. The van der Waals surface area contributed by atoms with E-state index in [0.717, 1.165) is 0 Å². The minimum atomic E-state index is -0.301. The van der Waals surface area contributed by atoms with Gasteiger partial charge in [-0.3, -0.25) is 0 Å². The fourth-order valence-electron chi connectivity index (χ4n) is 1.05. The van der Waals surface area contributed by atoms with Gasteiger partial charge in [0.2, 0.25) is 0 Å². The van der Waals surface area contributed by atoms with E-state index in [2.05, 4.69) is 10.5 Å². The number of hydrogen-bond donors (Lipinski definition) is 3. The zero-order valence-electron chi connectivity index (χ0n) is 8.04. The summed E-state index contributed by atoms with van der Waals surface area (Å²) < 4.78 is 0. The highest BCUT2D eigenvalue weighted by molar-refractivity contribution is 6.35. The third-order valence-electron chi connectivity index (χ3n) is 1.80. The average Bonchev–Trinajstić information content (AvgIpc) is 2.14. The van der Waals surface area contributed by atoms with Crippen LogP contribution in [0.4, 0.5) is 5.69 Å². The number of benzene rings is 1. The molecule has 0 aliphatic heterocycles. The lowest BCUT2D eigenvalue weighted by Crippen LogP contribution is -2.32. The summed E-state index contributed by atoms with van der Waals surface area (Å²) in [5.41, 5.74) is 6.13. The summed E-state index contributed by atoms with van der Waals surface area (Å²) in [6.45, 7) is 1.75. The molecule has 82 valence electrons. The van der Waals surface area contributed by atoms with Crippen LogP contribution in [-0.4, -0.2) is 17.1 Å². The molecule has 0 heterocycles. The summed E-state index contributed by atoms with van der Waals surface area (Å²) >= 11 is 11.6. The predicted octanol–water partition coefficient (Wildman–Crippen LogP) is 2.54. The van der Waals surface area contributed by atoms with Gasteiger partial charge in [-0.1, -0.05) is 28.4 Å². The Morgan fingerprint density at radius 1 is 1.40 bits per heavy atom. The fourth-order valence-corrected chi connectivity index (χ4v) is 1.57. The molecule has 1 aromatic carbocycles. The molecule has 1 aromatic rings. The maximum atomic E-state index is 8.46. The lowest BCUT2D eigenvalue weighted by molar-refractivity contribution is 0.316. The van der Waals surface area contributed by atoms with Crippen LogP contribution in [0.15, 0.2) is 23.4 Å². The Morgan fingerprint density at radius 2 is 1.93 bits per heavy atom. The van der Waals surface area contributed by atoms with Crippen LogP contribution in [0.25, 0.3) is 0 Å². The van der Waals surface area contributed by atoms with E-state index < -0.39 is 0 Å². The summed E-state index contributed by atoms with van der Waals surface area (Å²) in [5, 5.41) is 15.4. The van der Waals surface area contributed by atoms with Gasteiger partial charge < -0.3 is 16.3 Å². The summed E-state index contributed by atoms with van der Waals surface area (Å²) in [6, 6.07) is 4.73. The van der Waals surface area contributed by atoms with Crippen molar-refractivity contribution in [2.45, 2.75) is 13.0 Å². The molecule has 0 aliphatic carbocycles. The van der Waals surface area contributed by atoms with Crippen LogP contribution in [0.5, 0.6) is 0 Å². The van der Waals surface area contributed by atoms with E-state index in [-0.39, 0.29) is 11.9 Å². The van der Waals surface area contributed by atoms with Gasteiger partial charge in [-0.05, 0) is 25.1 Å². The summed E-state index contributed by atoms with van der Waals surface area (Å²) in [6.07, 6.45) is 0. The van der Waals surface area contributed by atoms with Crippen LogP contribution in [0, 0.1) is 0 Å². The van der Waals surface area contributed by atoms with E-state index in [1.807, 2.05) is 0 Å². The monoisotopic (exact) mass is 247 g/mol. The zero-order chi connectivity index (χ0) is 11.4. The molecule has 0 aliphatic rings. The number of oxime groups is 1. The Balaban J connectivity index is 2.81. The van der Waals surface area contributed by atoms with Crippen molar-refractivity contribution in [2.24, 2.45) is 10.9 Å². The molecule has 0 fully saturated rings. The molecule has 4 nitrogen and oxygen atoms in total. The van der Waals surface area contributed by atoms with Gasteiger partial charge in [0, 0.05) is 15.7 Å². The SMILES string of the molecule is CC(Nc1cc(Cl)cc(Cl)c1)C(N)=NO. The van der Waals surface area contributed by atoms with Crippen molar-refractivity contribution in [3.8, 4) is 0 Å². The van der Waals surface area contributed by atoms with Crippen molar-refractivity contribution in [2.75, 3.05) is 5.32 Å². The van der Waals surface area contributed by atoms with E-state index in [4.69, 9.17) is 34.1 Å². The summed E-state index contributed by atoms with van der Waals surface area (Å²) in [5.74, 6) is 0.0890. The van der Waals surface area contributed by atoms with Crippen LogP contribution >= 0.6 is 23.2 Å². The van der Waals surface area contributed by atoms with Gasteiger partial charge in [0.1, 0.15) is 0 Å². The van der Waals surface area contributed by atoms with Crippen molar-refractivity contribution in [1.29, 1.82) is 0 Å². The van der Waals surface area contributed by atoms with E-state index in [9.17, 15) is 0 Å². The number of rotatable bonds is 3. The van der Waals surface area contributed by atoms with Crippen molar-refractivity contribution in [3.63, 3.8) is 0 Å². The van der Waals surface area contributed by atoms with Crippen molar-refractivity contribution in [3.05, 3.63) is 28.2 Å². The number of nitrogens with two attached hydrogens (primary N) is 1. The highest BCUT2D eigenvalue weighted by Gasteiger charge is 2.07. The minimum Gasteiger partial charge on any atom is -0.409 e. The molecule has 0 spiro atoms. The van der Waals surface area contributed by atoms with Crippen molar-refractivity contribution in [1.82, 2.24) is 0 Å². The molecule has 6 heteroatoms. The lowest BCUT2D eigenvalue weighted by atomic mass is 10.2. The maximum Gasteiger partial charge on any atom is 0.161 e. The third kappa shape index (κ3) is 3.49. The van der Waals surface area contributed by atoms with E-state index in [1.54, 1.807) is 25.1 Å². The van der Waals surface area contributed by atoms with Gasteiger partial charge in [0.15, 0.2) is 5.84 Å². The largest absolute Gasteiger partial charge is 0.409 e. The molecule has 0 saturated heterocycles. The number of amidine groups is 1. The first-order chi connectivity index (χ1) is 7.02. The Kier molecular flexibility index (Phi) is 4.05. The number of halogens is 2. The Labute approximate surface area is 97.7 Å². The molecule has 4 N–H and O–H groups in total. The average molecular weight is 248 g/mol. The predicted molar refractivity (Wildman–Crippen MR) is 63.0 cm³/mol. The first-order valence-corrected chi connectivity index (χ1v) is 4.98. The van der Waals surface area contributed by atoms with Crippen LogP contribution in [0.1, 0.15) is 6.92 Å². The molecular weight excluding hydrogens is 237 g/mol. The van der Waals surface area contributed by atoms with Crippen LogP contribution in [0.2, 0.25) is 10.0 Å². The summed E-state index contributed by atoms with van der Waals surface area (Å²) in [4.78, 5) is 0. The molecule has 0 radical (unpaired) electrons. The van der Waals surface area contributed by atoms with Gasteiger partial charge in [-0.15, -0.1) is 0 Å². The standard InChI is InChI=1S/C9H11Cl2N3O/c1-5(9(12)14-15)13-8-3-6(10)2-7(11)4-8/h2-5,13,15H,1H3,(H2,12,14). The van der Waals surface area contributed by atoms with E-state index in [0.29, 0.717) is 15.7 Å². The van der Waals surface area contributed by atoms with Gasteiger partial charge in [0.05, 0.1) is 6.04 Å². The third-order valence-corrected chi connectivity index (χ3v) is 2.24. The zero-order valence-corrected chi connectivity index (χ0v) is 9.55. The van der Waals surface area contributed by atoms with Crippen LogP contribution in [-0.2, 0) is 0 Å². The fraction of sp³-hybridized carbons (Fsp3) is 0.222. The second kappa shape index (κ2) is 5.09. The minimum absolute atomic E-state index is 0.0890. The molecule has 15 heavy (non-hydrogen) atoms. The van der Waals surface area contributed by atoms with Gasteiger partial charge in [-0.2, -0.15) is 0 Å². The van der Waals surface area contributed by atoms with Gasteiger partial charge in [0.25, 0.3) is 0 Å². The molecular formula is C9H11Cl2N3O. The second-order valence-electron chi connectivity index (χ2n) is 3.05. The molecule has 0 saturated carbocycles. The molecule has 1 unspecified atom stereocenters. The van der Waals surface area contributed by atoms with Crippen LogP contribution < -0.4 is 11.1 Å².